The van der Waals surface area contributed by atoms with E-state index in [0.717, 1.165) is 27.1 Å². The van der Waals surface area contributed by atoms with Crippen molar-refractivity contribution in [3.63, 3.8) is 0 Å². The molecule has 0 aliphatic carbocycles. The molecule has 0 N–H and O–H groups in total. The number of rotatable bonds is 4. The second-order valence-corrected chi connectivity index (χ2v) is 4.69. The van der Waals surface area contributed by atoms with Gasteiger partial charge in [-0.2, -0.15) is 0 Å². The van der Waals surface area contributed by atoms with E-state index in [0.29, 0.717) is 0 Å². The smallest absolute Gasteiger partial charge is 0.120 e. The third kappa shape index (κ3) is 3.15. The molecule has 19 heavy (non-hydrogen) atoms. The molecule has 4 heteroatoms. The molecule has 0 saturated heterocycles. The lowest BCUT2D eigenvalue weighted by molar-refractivity contribution is 0.214. The van der Waals surface area contributed by atoms with Gasteiger partial charge in [-0.3, -0.25) is 0 Å². The number of hydrogen-bond acceptors (Lipinski definition) is 3. The second kappa shape index (κ2) is 6.38. The number of nitrogens with zero attached hydrogens (tertiary/aromatic N) is 1. The van der Waals surface area contributed by atoms with Gasteiger partial charge in [0.1, 0.15) is 18.6 Å². The summed E-state index contributed by atoms with van der Waals surface area (Å²) in [4.78, 5) is 4.96. The minimum absolute atomic E-state index is 0.776. The molecular weight excluding hydrogens is 306 g/mol. The summed E-state index contributed by atoms with van der Waals surface area (Å²) in [6, 6.07) is 15.7. The lowest BCUT2D eigenvalue weighted by atomic mass is 10.0. The van der Waals surface area contributed by atoms with Gasteiger partial charge in [-0.05, 0) is 34.1 Å². The van der Waals surface area contributed by atoms with Gasteiger partial charge in [-0.15, -0.1) is 0 Å². The van der Waals surface area contributed by atoms with Gasteiger partial charge in [0.2, 0.25) is 0 Å². The first kappa shape index (κ1) is 13.6. The van der Waals surface area contributed by atoms with E-state index in [2.05, 4.69) is 21.1 Å². The molecule has 0 aromatic heterocycles. The Morgan fingerprint density at radius 3 is 2.37 bits per heavy atom. The van der Waals surface area contributed by atoms with Crippen molar-refractivity contribution < 1.29 is 9.57 Å². The monoisotopic (exact) mass is 319 g/mol. The van der Waals surface area contributed by atoms with Gasteiger partial charge in [0.15, 0.2) is 0 Å². The van der Waals surface area contributed by atoms with Crippen LogP contribution in [0.1, 0.15) is 11.1 Å². The maximum absolute atomic E-state index is 5.19. The number of halogens is 1. The molecule has 0 fully saturated rings. The summed E-state index contributed by atoms with van der Waals surface area (Å²) in [7, 11) is 3.18. The van der Waals surface area contributed by atoms with E-state index in [9.17, 15) is 0 Å². The molecule has 0 bridgehead atoms. The Morgan fingerprint density at radius 1 is 1.05 bits per heavy atom. The highest BCUT2D eigenvalue weighted by Crippen LogP contribution is 2.25. The van der Waals surface area contributed by atoms with Gasteiger partial charge in [0, 0.05) is 15.6 Å². The normalized spacial score (nSPS) is 11.2. The number of hydrogen-bond donors (Lipinski definition) is 0. The SMILES string of the molecule is CO/N=C(/c1ccccc1)c1ccc(OC)cc1Br. The average molecular weight is 320 g/mol. The van der Waals surface area contributed by atoms with Crippen LogP contribution in [0, 0.1) is 0 Å². The van der Waals surface area contributed by atoms with Crippen LogP contribution in [0.4, 0.5) is 0 Å². The molecule has 98 valence electrons. The fourth-order valence-corrected chi connectivity index (χ4v) is 2.31. The van der Waals surface area contributed by atoms with Crippen molar-refractivity contribution in [3.8, 4) is 5.75 Å². The molecule has 0 heterocycles. The molecule has 0 radical (unpaired) electrons. The quantitative estimate of drug-likeness (QED) is 0.633. The molecule has 2 aromatic rings. The van der Waals surface area contributed by atoms with Gasteiger partial charge in [0.25, 0.3) is 0 Å². The highest BCUT2D eigenvalue weighted by molar-refractivity contribution is 9.10. The number of benzene rings is 2. The molecule has 3 nitrogen and oxygen atoms in total. The zero-order valence-corrected chi connectivity index (χ0v) is 12.3. The standard InChI is InChI=1S/C15H14BrNO2/c1-18-12-8-9-13(14(16)10-12)15(17-19-2)11-6-4-3-5-7-11/h3-10H,1-2H3/b17-15-. The van der Waals surface area contributed by atoms with Crippen LogP contribution in [0.5, 0.6) is 5.75 Å². The topological polar surface area (TPSA) is 30.8 Å². The van der Waals surface area contributed by atoms with Gasteiger partial charge >= 0.3 is 0 Å². The van der Waals surface area contributed by atoms with Crippen LogP contribution in [-0.4, -0.2) is 19.9 Å². The van der Waals surface area contributed by atoms with Crippen LogP contribution in [0.2, 0.25) is 0 Å². The summed E-state index contributed by atoms with van der Waals surface area (Å²) >= 11 is 3.54. The van der Waals surface area contributed by atoms with Crippen molar-refractivity contribution in [3.05, 3.63) is 64.1 Å². The first-order valence-corrected chi connectivity index (χ1v) is 6.56. The van der Waals surface area contributed by atoms with E-state index in [1.165, 1.54) is 0 Å². The number of oxime groups is 1. The molecular formula is C15H14BrNO2. The van der Waals surface area contributed by atoms with Crippen LogP contribution in [0.25, 0.3) is 0 Å². The summed E-state index contributed by atoms with van der Waals surface area (Å²) in [5, 5.41) is 4.13. The highest BCUT2D eigenvalue weighted by atomic mass is 79.9. The lowest BCUT2D eigenvalue weighted by Crippen LogP contribution is -2.05. The third-order valence-electron chi connectivity index (χ3n) is 2.66. The number of methoxy groups -OCH3 is 1. The van der Waals surface area contributed by atoms with Crippen LogP contribution >= 0.6 is 15.9 Å². The Morgan fingerprint density at radius 2 is 1.79 bits per heavy atom. The van der Waals surface area contributed by atoms with Crippen molar-refractivity contribution >= 4 is 21.6 Å². The minimum Gasteiger partial charge on any atom is -0.497 e. The summed E-state index contributed by atoms with van der Waals surface area (Å²) in [5.41, 5.74) is 2.72. The summed E-state index contributed by atoms with van der Waals surface area (Å²) < 4.78 is 6.10. The van der Waals surface area contributed by atoms with Crippen molar-refractivity contribution in [2.24, 2.45) is 5.16 Å². The Hall–Kier alpha value is -1.81. The predicted molar refractivity (Wildman–Crippen MR) is 79.8 cm³/mol. The summed E-state index contributed by atoms with van der Waals surface area (Å²) in [6.45, 7) is 0. The van der Waals surface area contributed by atoms with Crippen LogP contribution in [-0.2, 0) is 4.84 Å². The van der Waals surface area contributed by atoms with E-state index in [1.54, 1.807) is 14.2 Å². The number of ether oxygens (including phenoxy) is 1. The molecule has 0 atom stereocenters. The predicted octanol–water partition coefficient (Wildman–Crippen LogP) is 3.86. The van der Waals surface area contributed by atoms with E-state index in [4.69, 9.17) is 9.57 Å². The molecule has 0 saturated carbocycles. The van der Waals surface area contributed by atoms with Gasteiger partial charge in [0.05, 0.1) is 7.11 Å². The first-order chi connectivity index (χ1) is 9.26. The maximum atomic E-state index is 5.19. The Balaban J connectivity index is 2.49. The van der Waals surface area contributed by atoms with Gasteiger partial charge in [-0.1, -0.05) is 35.5 Å². The van der Waals surface area contributed by atoms with E-state index in [-0.39, 0.29) is 0 Å². The van der Waals surface area contributed by atoms with E-state index >= 15 is 0 Å². The molecule has 0 aliphatic rings. The fourth-order valence-electron chi connectivity index (χ4n) is 1.76. The highest BCUT2D eigenvalue weighted by Gasteiger charge is 2.12. The van der Waals surface area contributed by atoms with E-state index < -0.39 is 0 Å². The molecule has 2 aromatic carbocycles. The third-order valence-corrected chi connectivity index (χ3v) is 3.32. The van der Waals surface area contributed by atoms with Gasteiger partial charge in [-0.25, -0.2) is 0 Å². The van der Waals surface area contributed by atoms with Crippen molar-refractivity contribution in [1.82, 2.24) is 0 Å². The zero-order chi connectivity index (χ0) is 13.7. The average Bonchev–Trinajstić information content (AvgIpc) is 2.46. The van der Waals surface area contributed by atoms with E-state index in [1.807, 2.05) is 48.5 Å². The minimum atomic E-state index is 0.776. The van der Waals surface area contributed by atoms with Crippen LogP contribution in [0.3, 0.4) is 0 Å². The summed E-state index contributed by atoms with van der Waals surface area (Å²) in [6.07, 6.45) is 0. The largest absolute Gasteiger partial charge is 0.497 e. The zero-order valence-electron chi connectivity index (χ0n) is 10.8. The molecule has 0 amide bonds. The molecule has 0 unspecified atom stereocenters. The second-order valence-electron chi connectivity index (χ2n) is 3.83. The van der Waals surface area contributed by atoms with Crippen molar-refractivity contribution in [1.29, 1.82) is 0 Å². The van der Waals surface area contributed by atoms with Crippen molar-refractivity contribution in [2.45, 2.75) is 0 Å². The Kier molecular flexibility index (Phi) is 4.58. The Bertz CT molecular complexity index is 582. The lowest BCUT2D eigenvalue weighted by Gasteiger charge is -2.09. The van der Waals surface area contributed by atoms with Crippen LogP contribution < -0.4 is 4.74 Å². The fraction of sp³-hybridized carbons (Fsp3) is 0.133. The van der Waals surface area contributed by atoms with Crippen molar-refractivity contribution in [2.75, 3.05) is 14.2 Å². The van der Waals surface area contributed by atoms with Crippen LogP contribution in [0.15, 0.2) is 58.2 Å². The maximum Gasteiger partial charge on any atom is 0.120 e. The molecule has 2 rings (SSSR count). The van der Waals surface area contributed by atoms with Gasteiger partial charge < -0.3 is 9.57 Å². The first-order valence-electron chi connectivity index (χ1n) is 5.76. The molecule has 0 spiro atoms. The Labute approximate surface area is 121 Å². The molecule has 0 aliphatic heterocycles. The summed E-state index contributed by atoms with van der Waals surface area (Å²) in [5.74, 6) is 0.792.